The van der Waals surface area contributed by atoms with Gasteiger partial charge in [0.25, 0.3) is 5.91 Å². The minimum absolute atomic E-state index is 0.0138. The predicted octanol–water partition coefficient (Wildman–Crippen LogP) is 3.80. The van der Waals surface area contributed by atoms with Crippen molar-refractivity contribution in [2.24, 2.45) is 0 Å². The second-order valence-electron chi connectivity index (χ2n) is 3.73. The molecule has 0 aromatic heterocycles. The molecular formula is C12H9Br2NO3S2. The number of thioether (sulfide) groups is 1. The Labute approximate surface area is 142 Å². The van der Waals surface area contributed by atoms with E-state index in [-0.39, 0.29) is 11.7 Å². The van der Waals surface area contributed by atoms with Crippen LogP contribution in [0.4, 0.5) is 0 Å². The molecule has 1 aromatic carbocycles. The van der Waals surface area contributed by atoms with Crippen LogP contribution in [0, 0.1) is 0 Å². The van der Waals surface area contributed by atoms with Crippen molar-refractivity contribution >= 4 is 72.1 Å². The number of amides is 1. The van der Waals surface area contributed by atoms with E-state index in [4.69, 9.17) is 17.0 Å². The number of rotatable bonds is 3. The first kappa shape index (κ1) is 15.8. The van der Waals surface area contributed by atoms with Gasteiger partial charge in [0.2, 0.25) is 0 Å². The van der Waals surface area contributed by atoms with Crippen molar-refractivity contribution in [3.05, 3.63) is 25.5 Å². The fraction of sp³-hybridized carbons (Fsp3) is 0.167. The van der Waals surface area contributed by atoms with Crippen molar-refractivity contribution in [2.45, 2.75) is 6.92 Å². The van der Waals surface area contributed by atoms with E-state index in [1.54, 1.807) is 12.1 Å². The minimum Gasteiger partial charge on any atom is -0.503 e. The maximum absolute atomic E-state index is 11.7. The summed E-state index contributed by atoms with van der Waals surface area (Å²) in [6, 6.07) is 1.66. The molecule has 2 rings (SSSR count). The van der Waals surface area contributed by atoms with E-state index < -0.39 is 0 Å². The zero-order chi connectivity index (χ0) is 14.9. The van der Waals surface area contributed by atoms with Crippen LogP contribution in [0.3, 0.4) is 0 Å². The van der Waals surface area contributed by atoms with E-state index in [2.05, 4.69) is 37.2 Å². The van der Waals surface area contributed by atoms with Gasteiger partial charge in [-0.2, -0.15) is 0 Å². The number of carbonyl (C=O) groups is 1. The molecule has 1 aromatic rings. The maximum atomic E-state index is 11.7. The number of carbonyl (C=O) groups excluding carboxylic acids is 1. The van der Waals surface area contributed by atoms with Gasteiger partial charge in [0.05, 0.1) is 16.0 Å². The van der Waals surface area contributed by atoms with Gasteiger partial charge in [0, 0.05) is 4.47 Å². The molecule has 0 bridgehead atoms. The number of hydrogen-bond donors (Lipinski definition) is 2. The first-order chi connectivity index (χ1) is 9.43. The Hall–Kier alpha value is -0.570. The number of hydrogen-bond acceptors (Lipinski definition) is 5. The first-order valence-corrected chi connectivity index (χ1v) is 8.33. The molecule has 0 spiro atoms. The lowest BCUT2D eigenvalue weighted by molar-refractivity contribution is -0.115. The summed E-state index contributed by atoms with van der Waals surface area (Å²) in [5.41, 5.74) is 0.709. The molecule has 0 saturated carbocycles. The number of benzene rings is 1. The smallest absolute Gasteiger partial charge is 0.263 e. The Bertz CT molecular complexity index is 632. The van der Waals surface area contributed by atoms with Crippen molar-refractivity contribution in [1.82, 2.24) is 5.32 Å². The Morgan fingerprint density at radius 1 is 1.50 bits per heavy atom. The molecule has 1 saturated heterocycles. The summed E-state index contributed by atoms with van der Waals surface area (Å²) < 4.78 is 6.90. The Morgan fingerprint density at radius 3 is 2.75 bits per heavy atom. The van der Waals surface area contributed by atoms with Crippen molar-refractivity contribution < 1.29 is 14.6 Å². The number of aromatic hydroxyl groups is 1. The second kappa shape index (κ2) is 6.46. The number of thiocarbonyl (C=S) groups is 1. The molecule has 106 valence electrons. The SMILES string of the molecule is CCOc1cc(C=C2SC(=S)NC2=O)c(Br)c(Br)c1O. The van der Waals surface area contributed by atoms with Gasteiger partial charge in [-0.15, -0.1) is 0 Å². The van der Waals surface area contributed by atoms with Crippen LogP contribution in [0.1, 0.15) is 12.5 Å². The number of nitrogens with one attached hydrogen (secondary N) is 1. The number of phenols is 1. The Kier molecular flexibility index (Phi) is 5.11. The van der Waals surface area contributed by atoms with Crippen LogP contribution >= 0.6 is 55.8 Å². The van der Waals surface area contributed by atoms with Gasteiger partial charge in [0.1, 0.15) is 4.32 Å². The van der Waals surface area contributed by atoms with Crippen molar-refractivity contribution in [3.8, 4) is 11.5 Å². The average molecular weight is 439 g/mol. The topological polar surface area (TPSA) is 58.6 Å². The number of ether oxygens (including phenoxy) is 1. The van der Waals surface area contributed by atoms with Gasteiger partial charge in [-0.25, -0.2) is 0 Å². The van der Waals surface area contributed by atoms with E-state index in [9.17, 15) is 9.90 Å². The fourth-order valence-corrected chi connectivity index (χ4v) is 3.42. The van der Waals surface area contributed by atoms with Gasteiger partial charge < -0.3 is 15.2 Å². The number of halogens is 2. The van der Waals surface area contributed by atoms with Crippen LogP contribution in [0.15, 0.2) is 19.9 Å². The van der Waals surface area contributed by atoms with E-state index in [1.807, 2.05) is 6.92 Å². The molecular weight excluding hydrogens is 430 g/mol. The zero-order valence-electron chi connectivity index (χ0n) is 10.2. The average Bonchev–Trinajstić information content (AvgIpc) is 2.71. The lowest BCUT2D eigenvalue weighted by Crippen LogP contribution is -2.17. The predicted molar refractivity (Wildman–Crippen MR) is 91.0 cm³/mol. The molecule has 1 amide bonds. The fourth-order valence-electron chi connectivity index (χ4n) is 1.54. The Balaban J connectivity index is 2.49. The number of phenolic OH excluding ortho intramolecular Hbond substituents is 1. The van der Waals surface area contributed by atoms with Gasteiger partial charge in [0.15, 0.2) is 11.5 Å². The van der Waals surface area contributed by atoms with Crippen molar-refractivity contribution in [3.63, 3.8) is 0 Å². The summed E-state index contributed by atoms with van der Waals surface area (Å²) in [4.78, 5) is 12.2. The standard InChI is InChI=1S/C12H9Br2NO3S2/c1-2-18-6-3-5(8(13)9(14)10(6)16)4-7-11(17)15-12(19)20-7/h3-4,16H,2H2,1H3,(H,15,17,19). The van der Waals surface area contributed by atoms with Crippen LogP contribution in [0.2, 0.25) is 0 Å². The molecule has 1 aliphatic heterocycles. The molecule has 1 heterocycles. The summed E-state index contributed by atoms with van der Waals surface area (Å²) in [7, 11) is 0. The summed E-state index contributed by atoms with van der Waals surface area (Å²) >= 11 is 12.8. The lowest BCUT2D eigenvalue weighted by Gasteiger charge is -2.11. The molecule has 1 fully saturated rings. The van der Waals surface area contributed by atoms with Crippen LogP contribution in [-0.4, -0.2) is 21.9 Å². The monoisotopic (exact) mass is 437 g/mol. The third-order valence-electron chi connectivity index (χ3n) is 2.40. The van der Waals surface area contributed by atoms with Gasteiger partial charge in [-0.3, -0.25) is 4.79 Å². The quantitative estimate of drug-likeness (QED) is 0.555. The highest BCUT2D eigenvalue weighted by molar-refractivity contribution is 9.13. The molecule has 2 N–H and O–H groups in total. The summed E-state index contributed by atoms with van der Waals surface area (Å²) in [5.74, 6) is 0.134. The molecule has 0 radical (unpaired) electrons. The molecule has 20 heavy (non-hydrogen) atoms. The van der Waals surface area contributed by atoms with Crippen molar-refractivity contribution in [1.29, 1.82) is 0 Å². The first-order valence-electron chi connectivity index (χ1n) is 5.52. The summed E-state index contributed by atoms with van der Waals surface area (Å²) in [5, 5.41) is 12.5. The maximum Gasteiger partial charge on any atom is 0.263 e. The summed E-state index contributed by atoms with van der Waals surface area (Å²) in [6.07, 6.45) is 1.69. The molecule has 8 heteroatoms. The third kappa shape index (κ3) is 3.19. The van der Waals surface area contributed by atoms with E-state index in [1.165, 1.54) is 11.8 Å². The zero-order valence-corrected chi connectivity index (χ0v) is 15.0. The normalized spacial score (nSPS) is 16.6. The molecule has 0 atom stereocenters. The molecule has 0 aliphatic carbocycles. The second-order valence-corrected chi connectivity index (χ2v) is 7.03. The highest BCUT2D eigenvalue weighted by Gasteiger charge is 2.23. The van der Waals surface area contributed by atoms with E-state index >= 15 is 0 Å². The minimum atomic E-state index is -0.228. The molecule has 0 unspecified atom stereocenters. The molecule has 1 aliphatic rings. The van der Waals surface area contributed by atoms with Gasteiger partial charge >= 0.3 is 0 Å². The van der Waals surface area contributed by atoms with E-state index in [0.29, 0.717) is 36.1 Å². The third-order valence-corrected chi connectivity index (χ3v) is 5.72. The van der Waals surface area contributed by atoms with Crippen molar-refractivity contribution in [2.75, 3.05) is 6.61 Å². The van der Waals surface area contributed by atoms with Crippen LogP contribution < -0.4 is 10.1 Å². The summed E-state index contributed by atoms with van der Waals surface area (Å²) in [6.45, 7) is 2.25. The highest BCUT2D eigenvalue weighted by Crippen LogP contribution is 2.43. The highest BCUT2D eigenvalue weighted by atomic mass is 79.9. The lowest BCUT2D eigenvalue weighted by atomic mass is 10.2. The van der Waals surface area contributed by atoms with Gasteiger partial charge in [-0.1, -0.05) is 24.0 Å². The van der Waals surface area contributed by atoms with Crippen LogP contribution in [0.5, 0.6) is 11.5 Å². The Morgan fingerprint density at radius 2 is 2.20 bits per heavy atom. The van der Waals surface area contributed by atoms with Crippen LogP contribution in [0.25, 0.3) is 6.08 Å². The van der Waals surface area contributed by atoms with Gasteiger partial charge in [-0.05, 0) is 56.5 Å². The molecule has 4 nitrogen and oxygen atoms in total. The van der Waals surface area contributed by atoms with Crippen LogP contribution in [-0.2, 0) is 4.79 Å². The largest absolute Gasteiger partial charge is 0.503 e. The van der Waals surface area contributed by atoms with E-state index in [0.717, 1.165) is 0 Å².